The SMILES string of the molecule is CCn1nnc(-c2ccc(C)nc2)n1. The first kappa shape index (κ1) is 8.80. The first-order valence-electron chi connectivity index (χ1n) is 4.50. The number of aromatic nitrogens is 5. The number of tetrazole rings is 1. The highest BCUT2D eigenvalue weighted by Gasteiger charge is 2.04. The van der Waals surface area contributed by atoms with Gasteiger partial charge >= 0.3 is 0 Å². The van der Waals surface area contributed by atoms with Crippen LogP contribution in [0.1, 0.15) is 12.6 Å². The summed E-state index contributed by atoms with van der Waals surface area (Å²) in [7, 11) is 0. The Bertz CT molecular complexity index is 417. The summed E-state index contributed by atoms with van der Waals surface area (Å²) in [6.45, 7) is 4.64. The zero-order valence-electron chi connectivity index (χ0n) is 8.18. The van der Waals surface area contributed by atoms with E-state index in [1.807, 2.05) is 26.0 Å². The smallest absolute Gasteiger partial charge is 0.206 e. The van der Waals surface area contributed by atoms with Crippen LogP contribution in [0.15, 0.2) is 18.3 Å². The summed E-state index contributed by atoms with van der Waals surface area (Å²) >= 11 is 0. The Kier molecular flexibility index (Phi) is 2.22. The van der Waals surface area contributed by atoms with Crippen LogP contribution < -0.4 is 0 Å². The van der Waals surface area contributed by atoms with E-state index in [1.165, 1.54) is 0 Å². The molecule has 2 aromatic rings. The van der Waals surface area contributed by atoms with Crippen LogP contribution in [-0.4, -0.2) is 25.2 Å². The Morgan fingerprint density at radius 1 is 1.36 bits per heavy atom. The number of aryl methyl sites for hydroxylation is 2. The molecule has 0 aliphatic heterocycles. The van der Waals surface area contributed by atoms with Crippen molar-refractivity contribution in [1.29, 1.82) is 0 Å². The van der Waals surface area contributed by atoms with Gasteiger partial charge in [0, 0.05) is 17.5 Å². The van der Waals surface area contributed by atoms with E-state index in [9.17, 15) is 0 Å². The van der Waals surface area contributed by atoms with E-state index in [2.05, 4.69) is 20.4 Å². The Hall–Kier alpha value is -1.78. The molecular formula is C9H11N5. The van der Waals surface area contributed by atoms with Crippen molar-refractivity contribution in [3.63, 3.8) is 0 Å². The summed E-state index contributed by atoms with van der Waals surface area (Å²) in [5.41, 5.74) is 1.88. The van der Waals surface area contributed by atoms with Crippen molar-refractivity contribution in [1.82, 2.24) is 25.2 Å². The third-order valence-electron chi connectivity index (χ3n) is 1.91. The van der Waals surface area contributed by atoms with Crippen LogP contribution in [0.25, 0.3) is 11.4 Å². The summed E-state index contributed by atoms with van der Waals surface area (Å²) in [4.78, 5) is 5.72. The molecule has 0 unspecified atom stereocenters. The lowest BCUT2D eigenvalue weighted by atomic mass is 10.2. The van der Waals surface area contributed by atoms with Crippen molar-refractivity contribution in [3.8, 4) is 11.4 Å². The van der Waals surface area contributed by atoms with Gasteiger partial charge in [0.25, 0.3) is 0 Å². The first-order valence-corrected chi connectivity index (χ1v) is 4.50. The van der Waals surface area contributed by atoms with Gasteiger partial charge in [-0.05, 0) is 31.2 Å². The average Bonchev–Trinajstić information content (AvgIpc) is 2.67. The predicted molar refractivity (Wildman–Crippen MR) is 51.5 cm³/mol. The van der Waals surface area contributed by atoms with Crippen molar-refractivity contribution in [2.24, 2.45) is 0 Å². The third-order valence-corrected chi connectivity index (χ3v) is 1.91. The molecule has 0 amide bonds. The molecule has 14 heavy (non-hydrogen) atoms. The quantitative estimate of drug-likeness (QED) is 0.708. The number of nitrogens with zero attached hydrogens (tertiary/aromatic N) is 5. The molecule has 2 heterocycles. The molecule has 72 valence electrons. The molecule has 5 heteroatoms. The summed E-state index contributed by atoms with van der Waals surface area (Å²) in [5.74, 6) is 0.624. The van der Waals surface area contributed by atoms with Gasteiger partial charge in [-0.15, -0.1) is 10.2 Å². The van der Waals surface area contributed by atoms with Crippen LogP contribution in [0.4, 0.5) is 0 Å². The lowest BCUT2D eigenvalue weighted by Crippen LogP contribution is -1.98. The minimum atomic E-state index is 0.624. The van der Waals surface area contributed by atoms with Gasteiger partial charge in [-0.25, -0.2) is 0 Å². The molecule has 0 saturated carbocycles. The molecule has 0 aromatic carbocycles. The van der Waals surface area contributed by atoms with Gasteiger partial charge in [-0.3, -0.25) is 4.98 Å². The molecule has 0 bridgehead atoms. The van der Waals surface area contributed by atoms with Crippen LogP contribution in [0.5, 0.6) is 0 Å². The molecule has 2 aromatic heterocycles. The minimum Gasteiger partial charge on any atom is -0.261 e. The Morgan fingerprint density at radius 3 is 2.79 bits per heavy atom. The van der Waals surface area contributed by atoms with Gasteiger partial charge in [0.15, 0.2) is 0 Å². The fourth-order valence-electron chi connectivity index (χ4n) is 1.09. The molecule has 0 saturated heterocycles. The number of rotatable bonds is 2. The van der Waals surface area contributed by atoms with Crippen molar-refractivity contribution in [2.45, 2.75) is 20.4 Å². The molecule has 0 N–H and O–H groups in total. The van der Waals surface area contributed by atoms with Crippen molar-refractivity contribution >= 4 is 0 Å². The monoisotopic (exact) mass is 189 g/mol. The summed E-state index contributed by atoms with van der Waals surface area (Å²) in [6, 6.07) is 3.88. The molecule has 0 atom stereocenters. The van der Waals surface area contributed by atoms with Gasteiger partial charge in [0.05, 0.1) is 6.54 Å². The largest absolute Gasteiger partial charge is 0.261 e. The van der Waals surface area contributed by atoms with E-state index >= 15 is 0 Å². The topological polar surface area (TPSA) is 56.5 Å². The van der Waals surface area contributed by atoms with Crippen LogP contribution in [0.3, 0.4) is 0 Å². The van der Waals surface area contributed by atoms with E-state index in [4.69, 9.17) is 0 Å². The van der Waals surface area contributed by atoms with Crippen LogP contribution in [-0.2, 0) is 6.54 Å². The maximum atomic E-state index is 4.18. The number of pyridine rings is 1. The summed E-state index contributed by atoms with van der Waals surface area (Å²) in [5, 5.41) is 12.0. The molecule has 0 aliphatic carbocycles. The number of hydrogen-bond donors (Lipinski definition) is 0. The molecule has 0 aliphatic rings. The van der Waals surface area contributed by atoms with Gasteiger partial charge < -0.3 is 0 Å². The lowest BCUT2D eigenvalue weighted by molar-refractivity contribution is 0.553. The fraction of sp³-hybridized carbons (Fsp3) is 0.333. The van der Waals surface area contributed by atoms with Gasteiger partial charge in [-0.1, -0.05) is 0 Å². The van der Waals surface area contributed by atoms with E-state index in [0.29, 0.717) is 5.82 Å². The normalized spacial score (nSPS) is 10.4. The second-order valence-corrected chi connectivity index (χ2v) is 2.99. The minimum absolute atomic E-state index is 0.624. The molecule has 5 nitrogen and oxygen atoms in total. The molecule has 0 spiro atoms. The van der Waals surface area contributed by atoms with Crippen molar-refractivity contribution < 1.29 is 0 Å². The molecule has 2 rings (SSSR count). The zero-order chi connectivity index (χ0) is 9.97. The van der Waals surface area contributed by atoms with E-state index in [1.54, 1.807) is 11.0 Å². The maximum Gasteiger partial charge on any atom is 0.206 e. The Morgan fingerprint density at radius 2 is 2.21 bits per heavy atom. The van der Waals surface area contributed by atoms with Gasteiger partial charge in [-0.2, -0.15) is 4.80 Å². The Balaban J connectivity index is 2.34. The number of hydrogen-bond acceptors (Lipinski definition) is 4. The van der Waals surface area contributed by atoms with E-state index < -0.39 is 0 Å². The lowest BCUT2D eigenvalue weighted by Gasteiger charge is -1.93. The Labute approximate surface area is 81.8 Å². The van der Waals surface area contributed by atoms with Crippen LogP contribution >= 0.6 is 0 Å². The van der Waals surface area contributed by atoms with Crippen LogP contribution in [0.2, 0.25) is 0 Å². The second-order valence-electron chi connectivity index (χ2n) is 2.99. The van der Waals surface area contributed by atoms with E-state index in [-0.39, 0.29) is 0 Å². The summed E-state index contributed by atoms with van der Waals surface area (Å²) in [6.07, 6.45) is 1.76. The molecular weight excluding hydrogens is 178 g/mol. The summed E-state index contributed by atoms with van der Waals surface area (Å²) < 4.78 is 0. The third kappa shape index (κ3) is 1.61. The van der Waals surface area contributed by atoms with E-state index in [0.717, 1.165) is 17.8 Å². The van der Waals surface area contributed by atoms with Crippen LogP contribution in [0, 0.1) is 6.92 Å². The second kappa shape index (κ2) is 3.53. The highest BCUT2D eigenvalue weighted by atomic mass is 15.6. The highest BCUT2D eigenvalue weighted by Crippen LogP contribution is 2.11. The van der Waals surface area contributed by atoms with Gasteiger partial charge in [0.1, 0.15) is 0 Å². The predicted octanol–water partition coefficient (Wildman–Crippen LogP) is 1.06. The van der Waals surface area contributed by atoms with Crippen molar-refractivity contribution in [3.05, 3.63) is 24.0 Å². The van der Waals surface area contributed by atoms with Gasteiger partial charge in [0.2, 0.25) is 5.82 Å². The average molecular weight is 189 g/mol. The van der Waals surface area contributed by atoms with Crippen molar-refractivity contribution in [2.75, 3.05) is 0 Å². The maximum absolute atomic E-state index is 4.18. The molecule has 0 radical (unpaired) electrons. The fourth-order valence-corrected chi connectivity index (χ4v) is 1.09. The zero-order valence-corrected chi connectivity index (χ0v) is 8.18. The standard InChI is InChI=1S/C9H11N5/c1-3-14-12-9(11-13-14)8-5-4-7(2)10-6-8/h4-6H,3H2,1-2H3. The molecule has 0 fully saturated rings. The highest BCUT2D eigenvalue weighted by molar-refractivity contribution is 5.51. The first-order chi connectivity index (χ1) is 6.79.